The zero-order valence-electron chi connectivity index (χ0n) is 12.0. The first kappa shape index (κ1) is 15.9. The van der Waals surface area contributed by atoms with E-state index in [1.165, 1.54) is 0 Å². The van der Waals surface area contributed by atoms with E-state index < -0.39 is 5.54 Å². The molecule has 0 aliphatic heterocycles. The number of benzene rings is 1. The molecule has 0 saturated heterocycles. The number of ether oxygens (including phenoxy) is 1. The maximum absolute atomic E-state index is 6.34. The van der Waals surface area contributed by atoms with Gasteiger partial charge in [0, 0.05) is 12.7 Å². The van der Waals surface area contributed by atoms with Gasteiger partial charge in [-0.2, -0.15) is 4.98 Å². The number of aromatic nitrogens is 2. The Kier molecular flexibility index (Phi) is 4.98. The van der Waals surface area contributed by atoms with Crippen LogP contribution in [0.3, 0.4) is 0 Å². The van der Waals surface area contributed by atoms with Crippen molar-refractivity contribution < 1.29 is 9.26 Å². The highest BCUT2D eigenvalue weighted by atomic mass is 35.5. The summed E-state index contributed by atoms with van der Waals surface area (Å²) >= 11 is 0. The Balaban J connectivity index is 0.00000161. The molecule has 2 N–H and O–H groups in total. The van der Waals surface area contributed by atoms with Crippen LogP contribution in [0.25, 0.3) is 11.5 Å². The minimum atomic E-state index is -0.411. The Morgan fingerprint density at radius 3 is 2.81 bits per heavy atom. The van der Waals surface area contributed by atoms with E-state index in [0.717, 1.165) is 36.8 Å². The highest BCUT2D eigenvalue weighted by Gasteiger charge is 2.36. The fourth-order valence-electron chi connectivity index (χ4n) is 2.73. The first-order valence-corrected chi connectivity index (χ1v) is 6.93. The van der Waals surface area contributed by atoms with Gasteiger partial charge in [0.2, 0.25) is 0 Å². The van der Waals surface area contributed by atoms with E-state index in [0.29, 0.717) is 18.3 Å². The lowest BCUT2D eigenvalue weighted by atomic mass is 9.98. The molecular weight excluding hydrogens is 290 g/mol. The quantitative estimate of drug-likeness (QED) is 0.939. The van der Waals surface area contributed by atoms with Crippen LogP contribution in [0.4, 0.5) is 0 Å². The molecule has 0 radical (unpaired) electrons. The van der Waals surface area contributed by atoms with Gasteiger partial charge in [-0.15, -0.1) is 12.4 Å². The SMILES string of the molecule is COCc1cccc(-c2nc(C3(N)CCCC3)no2)c1.Cl. The molecule has 114 valence electrons. The molecule has 1 saturated carbocycles. The maximum Gasteiger partial charge on any atom is 0.258 e. The van der Waals surface area contributed by atoms with Crippen molar-refractivity contribution in [3.63, 3.8) is 0 Å². The Morgan fingerprint density at radius 1 is 1.33 bits per heavy atom. The molecule has 1 aromatic carbocycles. The molecular formula is C15H20ClN3O2. The van der Waals surface area contributed by atoms with Gasteiger partial charge in [0.15, 0.2) is 5.82 Å². The van der Waals surface area contributed by atoms with Crippen molar-refractivity contribution in [3.8, 4) is 11.5 Å². The van der Waals surface area contributed by atoms with Crippen LogP contribution in [0, 0.1) is 0 Å². The highest BCUT2D eigenvalue weighted by molar-refractivity contribution is 5.85. The molecule has 6 heteroatoms. The smallest absolute Gasteiger partial charge is 0.258 e. The standard InChI is InChI=1S/C15H19N3O2.ClH/c1-19-10-11-5-4-6-12(9-11)13-17-14(18-20-13)15(16)7-2-3-8-15;/h4-6,9H,2-3,7-8,10,16H2,1H3;1H. The second-order valence-electron chi connectivity index (χ2n) is 5.42. The zero-order chi connectivity index (χ0) is 14.0. The second-order valence-corrected chi connectivity index (χ2v) is 5.42. The Labute approximate surface area is 130 Å². The largest absolute Gasteiger partial charge is 0.380 e. The molecule has 0 unspecified atom stereocenters. The molecule has 2 aromatic rings. The van der Waals surface area contributed by atoms with E-state index in [1.807, 2.05) is 24.3 Å². The van der Waals surface area contributed by atoms with Crippen molar-refractivity contribution in [1.29, 1.82) is 0 Å². The summed E-state index contributed by atoms with van der Waals surface area (Å²) < 4.78 is 10.5. The predicted molar refractivity (Wildman–Crippen MR) is 82.0 cm³/mol. The van der Waals surface area contributed by atoms with Crippen LogP contribution in [-0.2, 0) is 16.9 Å². The Morgan fingerprint density at radius 2 is 2.10 bits per heavy atom. The molecule has 1 aliphatic rings. The Hall–Kier alpha value is -1.43. The summed E-state index contributed by atoms with van der Waals surface area (Å²) in [5, 5.41) is 4.08. The summed E-state index contributed by atoms with van der Waals surface area (Å²) in [7, 11) is 1.68. The minimum absolute atomic E-state index is 0. The fourth-order valence-corrected chi connectivity index (χ4v) is 2.73. The third-order valence-corrected chi connectivity index (χ3v) is 3.85. The summed E-state index contributed by atoms with van der Waals surface area (Å²) in [6.07, 6.45) is 4.11. The van der Waals surface area contributed by atoms with E-state index in [-0.39, 0.29) is 12.4 Å². The third kappa shape index (κ3) is 3.26. The van der Waals surface area contributed by atoms with Crippen molar-refractivity contribution in [2.75, 3.05) is 7.11 Å². The second kappa shape index (κ2) is 6.56. The molecule has 0 atom stereocenters. The van der Waals surface area contributed by atoms with Crippen LogP contribution in [0.1, 0.15) is 37.1 Å². The van der Waals surface area contributed by atoms with Crippen LogP contribution in [0.15, 0.2) is 28.8 Å². The number of hydrogen-bond donors (Lipinski definition) is 1. The summed E-state index contributed by atoms with van der Waals surface area (Å²) in [5.74, 6) is 1.15. The van der Waals surface area contributed by atoms with Crippen molar-refractivity contribution in [3.05, 3.63) is 35.7 Å². The van der Waals surface area contributed by atoms with Crippen LogP contribution in [0.5, 0.6) is 0 Å². The van der Waals surface area contributed by atoms with Crippen LogP contribution < -0.4 is 5.73 Å². The van der Waals surface area contributed by atoms with Crippen LogP contribution in [0.2, 0.25) is 0 Å². The topological polar surface area (TPSA) is 74.2 Å². The summed E-state index contributed by atoms with van der Waals surface area (Å²) in [6, 6.07) is 7.92. The molecule has 21 heavy (non-hydrogen) atoms. The number of halogens is 1. The fraction of sp³-hybridized carbons (Fsp3) is 0.467. The summed E-state index contributed by atoms with van der Waals surface area (Å²) in [6.45, 7) is 0.565. The van der Waals surface area contributed by atoms with Gasteiger partial charge in [-0.05, 0) is 30.5 Å². The lowest BCUT2D eigenvalue weighted by Gasteiger charge is -2.17. The lowest BCUT2D eigenvalue weighted by molar-refractivity contribution is 0.185. The van der Waals surface area contributed by atoms with Gasteiger partial charge in [-0.25, -0.2) is 0 Å². The first-order chi connectivity index (χ1) is 9.71. The minimum Gasteiger partial charge on any atom is -0.380 e. The summed E-state index contributed by atoms with van der Waals surface area (Å²) in [5.41, 5.74) is 7.91. The van der Waals surface area contributed by atoms with Crippen LogP contribution >= 0.6 is 12.4 Å². The monoisotopic (exact) mass is 309 g/mol. The van der Waals surface area contributed by atoms with Crippen molar-refractivity contribution in [2.24, 2.45) is 5.73 Å². The van der Waals surface area contributed by atoms with E-state index in [1.54, 1.807) is 7.11 Å². The van der Waals surface area contributed by atoms with E-state index in [9.17, 15) is 0 Å². The molecule has 1 aliphatic carbocycles. The maximum atomic E-state index is 6.34. The number of nitrogens with two attached hydrogens (primary N) is 1. The van der Waals surface area contributed by atoms with Gasteiger partial charge in [-0.1, -0.05) is 30.1 Å². The van der Waals surface area contributed by atoms with Gasteiger partial charge in [0.25, 0.3) is 5.89 Å². The number of rotatable bonds is 4. The third-order valence-electron chi connectivity index (χ3n) is 3.85. The Bertz CT molecular complexity index is 594. The zero-order valence-corrected chi connectivity index (χ0v) is 12.9. The van der Waals surface area contributed by atoms with Crippen molar-refractivity contribution >= 4 is 12.4 Å². The van der Waals surface area contributed by atoms with Gasteiger partial charge in [0.05, 0.1) is 12.1 Å². The predicted octanol–water partition coefficient (Wildman–Crippen LogP) is 3.03. The molecule has 0 bridgehead atoms. The average Bonchev–Trinajstić information content (AvgIpc) is 3.09. The average molecular weight is 310 g/mol. The van der Waals surface area contributed by atoms with E-state index >= 15 is 0 Å². The van der Waals surface area contributed by atoms with E-state index in [4.69, 9.17) is 15.0 Å². The van der Waals surface area contributed by atoms with Gasteiger partial charge < -0.3 is 15.0 Å². The molecule has 1 fully saturated rings. The number of nitrogens with zero attached hydrogens (tertiary/aromatic N) is 2. The molecule has 3 rings (SSSR count). The molecule has 0 amide bonds. The lowest BCUT2D eigenvalue weighted by Crippen LogP contribution is -2.34. The van der Waals surface area contributed by atoms with Crippen molar-refractivity contribution in [2.45, 2.75) is 37.8 Å². The normalized spacial score (nSPS) is 16.7. The van der Waals surface area contributed by atoms with Gasteiger partial charge in [-0.3, -0.25) is 0 Å². The molecule has 1 heterocycles. The molecule has 5 nitrogen and oxygen atoms in total. The van der Waals surface area contributed by atoms with E-state index in [2.05, 4.69) is 10.1 Å². The summed E-state index contributed by atoms with van der Waals surface area (Å²) in [4.78, 5) is 4.49. The molecule has 0 spiro atoms. The number of methoxy groups -OCH3 is 1. The highest BCUT2D eigenvalue weighted by Crippen LogP contribution is 2.35. The van der Waals surface area contributed by atoms with Gasteiger partial charge in [0.1, 0.15) is 0 Å². The van der Waals surface area contributed by atoms with Gasteiger partial charge >= 0.3 is 0 Å². The van der Waals surface area contributed by atoms with Crippen molar-refractivity contribution in [1.82, 2.24) is 10.1 Å². The number of hydrogen-bond acceptors (Lipinski definition) is 5. The van der Waals surface area contributed by atoms with Crippen LogP contribution in [-0.4, -0.2) is 17.3 Å². The first-order valence-electron chi connectivity index (χ1n) is 6.93. The molecule has 1 aromatic heterocycles.